The number of aromatic nitrogens is 2. The molecule has 1 aromatic carbocycles. The van der Waals surface area contributed by atoms with Crippen LogP contribution < -0.4 is 4.74 Å². The molecule has 0 N–H and O–H groups in total. The third-order valence-corrected chi connectivity index (χ3v) is 3.07. The third-order valence-electron chi connectivity index (χ3n) is 2.33. The van der Waals surface area contributed by atoms with Gasteiger partial charge in [0.2, 0.25) is 5.88 Å². The van der Waals surface area contributed by atoms with E-state index >= 15 is 0 Å². The van der Waals surface area contributed by atoms with E-state index in [4.69, 9.17) is 11.2 Å². The van der Waals surface area contributed by atoms with Gasteiger partial charge in [-0.1, -0.05) is 27.9 Å². The molecule has 0 spiro atoms. The van der Waals surface area contributed by atoms with Crippen molar-refractivity contribution in [2.45, 2.75) is 6.61 Å². The summed E-state index contributed by atoms with van der Waals surface area (Å²) in [5, 5.41) is 4.14. The lowest BCUT2D eigenvalue weighted by Crippen LogP contribution is -2.00. The first-order chi connectivity index (χ1) is 8.20. The number of aryl methyl sites for hydroxylation is 1. The van der Waals surface area contributed by atoms with Crippen molar-refractivity contribution in [2.24, 2.45) is 7.05 Å². The molecule has 2 aromatic rings. The van der Waals surface area contributed by atoms with Crippen LogP contribution in [0.5, 0.6) is 5.88 Å². The molecule has 17 heavy (non-hydrogen) atoms. The van der Waals surface area contributed by atoms with Crippen molar-refractivity contribution >= 4 is 15.9 Å². The van der Waals surface area contributed by atoms with Crippen molar-refractivity contribution in [2.75, 3.05) is 0 Å². The SMILES string of the molecule is C#Cc1cccc(Br)c1COc1ccn(C)n1. The van der Waals surface area contributed by atoms with Gasteiger partial charge in [0.05, 0.1) is 0 Å². The van der Waals surface area contributed by atoms with Crippen molar-refractivity contribution in [3.63, 3.8) is 0 Å². The Balaban J connectivity index is 2.17. The zero-order valence-corrected chi connectivity index (χ0v) is 10.9. The van der Waals surface area contributed by atoms with Gasteiger partial charge >= 0.3 is 0 Å². The summed E-state index contributed by atoms with van der Waals surface area (Å²) >= 11 is 3.47. The molecule has 3 nitrogen and oxygen atoms in total. The molecular weight excluding hydrogens is 280 g/mol. The Morgan fingerprint density at radius 2 is 2.29 bits per heavy atom. The molecule has 0 saturated carbocycles. The Morgan fingerprint density at radius 1 is 1.47 bits per heavy atom. The first-order valence-corrected chi connectivity index (χ1v) is 5.86. The molecular formula is C13H11BrN2O. The van der Waals surface area contributed by atoms with E-state index in [-0.39, 0.29) is 0 Å². The molecule has 1 heterocycles. The molecule has 1 aromatic heterocycles. The molecule has 0 fully saturated rings. The number of terminal acetylenes is 1. The maximum atomic E-state index is 5.58. The Hall–Kier alpha value is -1.73. The van der Waals surface area contributed by atoms with Crippen LogP contribution >= 0.6 is 15.9 Å². The highest BCUT2D eigenvalue weighted by atomic mass is 79.9. The molecule has 4 heteroatoms. The quantitative estimate of drug-likeness (QED) is 0.813. The average molecular weight is 291 g/mol. The number of nitrogens with zero attached hydrogens (tertiary/aromatic N) is 2. The van der Waals surface area contributed by atoms with Gasteiger partial charge in [0.1, 0.15) is 6.61 Å². The van der Waals surface area contributed by atoms with Crippen LogP contribution in [-0.4, -0.2) is 9.78 Å². The highest BCUT2D eigenvalue weighted by molar-refractivity contribution is 9.10. The minimum absolute atomic E-state index is 0.401. The summed E-state index contributed by atoms with van der Waals surface area (Å²) in [6.07, 6.45) is 7.28. The predicted octanol–water partition coefficient (Wildman–Crippen LogP) is 2.74. The van der Waals surface area contributed by atoms with Crippen LogP contribution in [0.4, 0.5) is 0 Å². The number of hydrogen-bond donors (Lipinski definition) is 0. The van der Waals surface area contributed by atoms with Crippen molar-refractivity contribution in [3.8, 4) is 18.2 Å². The van der Waals surface area contributed by atoms with Crippen LogP contribution in [-0.2, 0) is 13.7 Å². The van der Waals surface area contributed by atoms with Gasteiger partial charge in [-0.25, -0.2) is 0 Å². The molecule has 0 aliphatic heterocycles. The Labute approximate surface area is 109 Å². The van der Waals surface area contributed by atoms with E-state index in [9.17, 15) is 0 Å². The minimum Gasteiger partial charge on any atom is -0.472 e. The monoisotopic (exact) mass is 290 g/mol. The van der Waals surface area contributed by atoms with Gasteiger partial charge in [-0.3, -0.25) is 4.68 Å². The van der Waals surface area contributed by atoms with E-state index in [0.717, 1.165) is 15.6 Å². The lowest BCUT2D eigenvalue weighted by Gasteiger charge is -2.07. The summed E-state index contributed by atoms with van der Waals surface area (Å²) in [6, 6.07) is 7.55. The molecule has 0 amide bonds. The summed E-state index contributed by atoms with van der Waals surface area (Å²) in [4.78, 5) is 0. The standard InChI is InChI=1S/C13H11BrN2O/c1-3-10-5-4-6-12(14)11(10)9-17-13-7-8-16(2)15-13/h1,4-8H,9H2,2H3. The summed E-state index contributed by atoms with van der Waals surface area (Å²) < 4.78 is 8.22. The first kappa shape index (κ1) is 11.7. The summed E-state index contributed by atoms with van der Waals surface area (Å²) in [7, 11) is 1.85. The van der Waals surface area contributed by atoms with Crippen LogP contribution in [0, 0.1) is 12.3 Å². The Bertz CT molecular complexity index is 569. The number of hydrogen-bond acceptors (Lipinski definition) is 2. The van der Waals surface area contributed by atoms with E-state index in [1.165, 1.54) is 0 Å². The molecule has 86 valence electrons. The maximum Gasteiger partial charge on any atom is 0.233 e. The Kier molecular flexibility index (Phi) is 3.50. The molecule has 0 bridgehead atoms. The molecule has 0 atom stereocenters. The van der Waals surface area contributed by atoms with Crippen LogP contribution in [0.1, 0.15) is 11.1 Å². The van der Waals surface area contributed by atoms with Crippen LogP contribution in [0.3, 0.4) is 0 Å². The fraction of sp³-hybridized carbons (Fsp3) is 0.154. The van der Waals surface area contributed by atoms with Crippen LogP contribution in [0.25, 0.3) is 0 Å². The lowest BCUT2D eigenvalue weighted by molar-refractivity contribution is 0.290. The second-order valence-corrected chi connectivity index (χ2v) is 4.38. The van der Waals surface area contributed by atoms with E-state index in [2.05, 4.69) is 26.9 Å². The average Bonchev–Trinajstić information content (AvgIpc) is 2.73. The second-order valence-electron chi connectivity index (χ2n) is 3.53. The Morgan fingerprint density at radius 3 is 2.94 bits per heavy atom. The highest BCUT2D eigenvalue weighted by Gasteiger charge is 2.06. The van der Waals surface area contributed by atoms with Crippen molar-refractivity contribution in [1.29, 1.82) is 0 Å². The van der Waals surface area contributed by atoms with Crippen molar-refractivity contribution in [1.82, 2.24) is 9.78 Å². The zero-order chi connectivity index (χ0) is 12.3. The van der Waals surface area contributed by atoms with Crippen molar-refractivity contribution in [3.05, 3.63) is 46.1 Å². The van der Waals surface area contributed by atoms with Gasteiger partial charge in [-0.05, 0) is 12.1 Å². The number of halogens is 1. The summed E-state index contributed by atoms with van der Waals surface area (Å²) in [5.74, 6) is 3.23. The lowest BCUT2D eigenvalue weighted by atomic mass is 10.1. The van der Waals surface area contributed by atoms with Gasteiger partial charge in [0.15, 0.2) is 0 Å². The summed E-state index contributed by atoms with van der Waals surface area (Å²) in [6.45, 7) is 0.401. The molecule has 0 unspecified atom stereocenters. The normalized spacial score (nSPS) is 9.94. The second kappa shape index (κ2) is 5.07. The van der Waals surface area contributed by atoms with Crippen LogP contribution in [0.15, 0.2) is 34.9 Å². The van der Waals surface area contributed by atoms with Gasteiger partial charge in [-0.15, -0.1) is 11.5 Å². The van der Waals surface area contributed by atoms with Gasteiger partial charge in [-0.2, -0.15) is 0 Å². The third kappa shape index (κ3) is 2.69. The molecule has 0 aliphatic rings. The van der Waals surface area contributed by atoms with E-state index < -0.39 is 0 Å². The van der Waals surface area contributed by atoms with Crippen molar-refractivity contribution < 1.29 is 4.74 Å². The largest absolute Gasteiger partial charge is 0.472 e. The van der Waals surface area contributed by atoms with E-state index in [1.54, 1.807) is 4.68 Å². The number of benzene rings is 1. The smallest absolute Gasteiger partial charge is 0.233 e. The van der Waals surface area contributed by atoms with Gasteiger partial charge in [0, 0.05) is 34.9 Å². The van der Waals surface area contributed by atoms with Crippen LogP contribution in [0.2, 0.25) is 0 Å². The fourth-order valence-electron chi connectivity index (χ4n) is 1.46. The predicted molar refractivity (Wildman–Crippen MR) is 69.6 cm³/mol. The fourth-order valence-corrected chi connectivity index (χ4v) is 1.94. The van der Waals surface area contributed by atoms with Gasteiger partial charge < -0.3 is 4.74 Å². The number of rotatable bonds is 3. The molecule has 0 radical (unpaired) electrons. The highest BCUT2D eigenvalue weighted by Crippen LogP contribution is 2.21. The number of ether oxygens (including phenoxy) is 1. The molecule has 2 rings (SSSR count). The molecule has 0 saturated heterocycles. The minimum atomic E-state index is 0.401. The summed E-state index contributed by atoms with van der Waals surface area (Å²) in [5.41, 5.74) is 1.79. The van der Waals surface area contributed by atoms with Gasteiger partial charge in [0.25, 0.3) is 0 Å². The maximum absolute atomic E-state index is 5.58. The topological polar surface area (TPSA) is 27.1 Å². The first-order valence-electron chi connectivity index (χ1n) is 5.07. The molecule has 0 aliphatic carbocycles. The zero-order valence-electron chi connectivity index (χ0n) is 9.35. The van der Waals surface area contributed by atoms with E-state index in [1.807, 2.05) is 37.5 Å². The van der Waals surface area contributed by atoms with E-state index in [0.29, 0.717) is 12.5 Å².